The predicted octanol–water partition coefficient (Wildman–Crippen LogP) is 1.95. The van der Waals surface area contributed by atoms with Gasteiger partial charge in [-0.25, -0.2) is 0 Å². The normalized spacial score (nSPS) is 18.1. The van der Waals surface area contributed by atoms with E-state index in [4.69, 9.17) is 11.6 Å². The van der Waals surface area contributed by atoms with Crippen LogP contribution in [0.15, 0.2) is 0 Å². The summed E-state index contributed by atoms with van der Waals surface area (Å²) >= 11 is 6.20. The molecule has 84 valence electrons. The van der Waals surface area contributed by atoms with Crippen molar-refractivity contribution < 1.29 is 5.11 Å². The van der Waals surface area contributed by atoms with Crippen molar-refractivity contribution in [2.45, 2.75) is 38.7 Å². The average molecular weight is 229 g/mol. The predicted molar refractivity (Wildman–Crippen MR) is 60.0 cm³/mol. The third-order valence-electron chi connectivity index (χ3n) is 3.07. The lowest BCUT2D eigenvalue weighted by Crippen LogP contribution is -2.15. The number of hydrogen-bond donors (Lipinski definition) is 1. The van der Waals surface area contributed by atoms with E-state index in [0.717, 1.165) is 35.7 Å². The maximum Gasteiger partial charge on any atom is 0.0850 e. The Labute approximate surface area is 95.0 Å². The van der Waals surface area contributed by atoms with Gasteiger partial charge in [0.15, 0.2) is 0 Å². The maximum absolute atomic E-state index is 9.87. The van der Waals surface area contributed by atoms with Crippen molar-refractivity contribution in [3.8, 4) is 0 Å². The van der Waals surface area contributed by atoms with E-state index in [1.807, 2.05) is 14.0 Å². The van der Waals surface area contributed by atoms with E-state index in [1.54, 1.807) is 4.68 Å². The van der Waals surface area contributed by atoms with Crippen molar-refractivity contribution in [2.24, 2.45) is 13.0 Å². The monoisotopic (exact) mass is 228 g/mol. The van der Waals surface area contributed by atoms with Gasteiger partial charge in [-0.2, -0.15) is 5.10 Å². The first kappa shape index (κ1) is 11.0. The Hall–Kier alpha value is -0.540. The van der Waals surface area contributed by atoms with Crippen LogP contribution in [0.4, 0.5) is 0 Å². The molecular formula is C11H17ClN2O. The molecule has 0 aliphatic heterocycles. The first-order valence-electron chi connectivity index (χ1n) is 5.51. The number of hydrogen-bond acceptors (Lipinski definition) is 2. The Kier molecular flexibility index (Phi) is 3.03. The first-order chi connectivity index (χ1) is 7.13. The summed E-state index contributed by atoms with van der Waals surface area (Å²) in [6.45, 7) is 2.04. The Balaban J connectivity index is 2.15. The van der Waals surface area contributed by atoms with Crippen molar-refractivity contribution >= 4 is 11.6 Å². The number of nitrogens with zero attached hydrogens (tertiary/aromatic N) is 2. The minimum absolute atomic E-state index is 0.248. The largest absolute Gasteiger partial charge is 0.392 e. The van der Waals surface area contributed by atoms with E-state index < -0.39 is 0 Å². The van der Waals surface area contributed by atoms with Crippen LogP contribution in [0.2, 0.25) is 5.02 Å². The summed E-state index contributed by atoms with van der Waals surface area (Å²) in [7, 11) is 1.89. The zero-order chi connectivity index (χ0) is 11.0. The third-order valence-corrected chi connectivity index (χ3v) is 3.51. The number of rotatable bonds is 4. The van der Waals surface area contributed by atoms with Gasteiger partial charge in [0.05, 0.1) is 22.5 Å². The molecule has 0 saturated heterocycles. The summed E-state index contributed by atoms with van der Waals surface area (Å²) in [5.74, 6) is 0.487. The summed E-state index contributed by atoms with van der Waals surface area (Å²) in [5, 5.41) is 14.9. The smallest absolute Gasteiger partial charge is 0.0850 e. The fourth-order valence-corrected chi connectivity index (χ4v) is 2.26. The van der Waals surface area contributed by atoms with E-state index >= 15 is 0 Å². The summed E-state index contributed by atoms with van der Waals surface area (Å²) in [4.78, 5) is 0. The molecule has 1 aliphatic carbocycles. The second-order valence-electron chi connectivity index (χ2n) is 4.29. The first-order valence-corrected chi connectivity index (χ1v) is 5.89. The molecule has 1 aliphatic rings. The number of aliphatic hydroxyl groups excluding tert-OH is 1. The highest BCUT2D eigenvalue weighted by Crippen LogP contribution is 2.35. The van der Waals surface area contributed by atoms with Gasteiger partial charge >= 0.3 is 0 Å². The number of aromatic nitrogens is 2. The number of aryl methyl sites for hydroxylation is 2. The SMILES string of the molecule is CCc1nn(C)c(CC(O)C2CC2)c1Cl. The second-order valence-corrected chi connectivity index (χ2v) is 4.67. The summed E-state index contributed by atoms with van der Waals surface area (Å²) < 4.78 is 1.80. The molecule has 1 unspecified atom stereocenters. The topological polar surface area (TPSA) is 38.0 Å². The summed E-state index contributed by atoms with van der Waals surface area (Å²) in [6.07, 6.45) is 3.52. The molecule has 1 N–H and O–H groups in total. The van der Waals surface area contributed by atoms with Gasteiger partial charge in [0.1, 0.15) is 0 Å². The van der Waals surface area contributed by atoms with E-state index in [1.165, 1.54) is 0 Å². The van der Waals surface area contributed by atoms with Crippen LogP contribution < -0.4 is 0 Å². The van der Waals surface area contributed by atoms with Crippen molar-refractivity contribution in [1.82, 2.24) is 9.78 Å². The van der Waals surface area contributed by atoms with Crippen LogP contribution in [-0.4, -0.2) is 21.0 Å². The van der Waals surface area contributed by atoms with Crippen molar-refractivity contribution in [3.05, 3.63) is 16.4 Å². The van der Waals surface area contributed by atoms with Crippen LogP contribution >= 0.6 is 11.6 Å². The fraction of sp³-hybridized carbons (Fsp3) is 0.727. The van der Waals surface area contributed by atoms with Gasteiger partial charge in [0.2, 0.25) is 0 Å². The molecular weight excluding hydrogens is 212 g/mol. The van der Waals surface area contributed by atoms with Crippen molar-refractivity contribution in [3.63, 3.8) is 0 Å². The highest BCUT2D eigenvalue weighted by Gasteiger charge is 2.31. The van der Waals surface area contributed by atoms with Gasteiger partial charge in [0, 0.05) is 13.5 Å². The molecule has 3 nitrogen and oxygen atoms in total. The van der Waals surface area contributed by atoms with Gasteiger partial charge in [-0.3, -0.25) is 4.68 Å². The molecule has 1 aromatic heterocycles. The molecule has 0 amide bonds. The molecule has 2 rings (SSSR count). The maximum atomic E-state index is 9.87. The van der Waals surface area contributed by atoms with E-state index in [2.05, 4.69) is 5.10 Å². The van der Waals surface area contributed by atoms with Crippen LogP contribution in [0, 0.1) is 5.92 Å². The van der Waals surface area contributed by atoms with Crippen LogP contribution in [0.1, 0.15) is 31.2 Å². The Bertz CT molecular complexity index is 358. The lowest BCUT2D eigenvalue weighted by molar-refractivity contribution is 0.149. The standard InChI is InChI=1S/C11H17ClN2O/c1-3-8-11(12)9(14(2)13-8)6-10(15)7-4-5-7/h7,10,15H,3-6H2,1-2H3. The Morgan fingerprint density at radius 2 is 2.27 bits per heavy atom. The fourth-order valence-electron chi connectivity index (χ4n) is 1.89. The van der Waals surface area contributed by atoms with Crippen molar-refractivity contribution in [1.29, 1.82) is 0 Å². The molecule has 0 spiro atoms. The van der Waals surface area contributed by atoms with Gasteiger partial charge in [0.25, 0.3) is 0 Å². The molecule has 0 bridgehead atoms. The third kappa shape index (κ3) is 2.18. The molecule has 1 heterocycles. The molecule has 0 aromatic carbocycles. The van der Waals surface area contributed by atoms with E-state index in [0.29, 0.717) is 12.3 Å². The lowest BCUT2D eigenvalue weighted by Gasteiger charge is -2.09. The Morgan fingerprint density at radius 3 is 2.73 bits per heavy atom. The van der Waals surface area contributed by atoms with Crippen LogP contribution in [0.25, 0.3) is 0 Å². The molecule has 1 saturated carbocycles. The minimum Gasteiger partial charge on any atom is -0.392 e. The minimum atomic E-state index is -0.248. The highest BCUT2D eigenvalue weighted by molar-refractivity contribution is 6.31. The van der Waals surface area contributed by atoms with Gasteiger partial charge in [-0.05, 0) is 25.2 Å². The van der Waals surface area contributed by atoms with Gasteiger partial charge in [-0.1, -0.05) is 18.5 Å². The summed E-state index contributed by atoms with van der Waals surface area (Å²) in [5.41, 5.74) is 1.89. The molecule has 0 radical (unpaired) electrons. The lowest BCUT2D eigenvalue weighted by atomic mass is 10.1. The second kappa shape index (κ2) is 4.14. The van der Waals surface area contributed by atoms with E-state index in [9.17, 15) is 5.11 Å². The van der Waals surface area contributed by atoms with Crippen molar-refractivity contribution in [2.75, 3.05) is 0 Å². The Morgan fingerprint density at radius 1 is 1.60 bits per heavy atom. The number of aliphatic hydroxyl groups is 1. The van der Waals surface area contributed by atoms with E-state index in [-0.39, 0.29) is 6.10 Å². The zero-order valence-electron chi connectivity index (χ0n) is 9.20. The highest BCUT2D eigenvalue weighted by atomic mass is 35.5. The molecule has 4 heteroatoms. The molecule has 1 fully saturated rings. The van der Waals surface area contributed by atoms with Crippen LogP contribution in [0.5, 0.6) is 0 Å². The zero-order valence-corrected chi connectivity index (χ0v) is 9.96. The van der Waals surface area contributed by atoms with Gasteiger partial charge in [-0.15, -0.1) is 0 Å². The van der Waals surface area contributed by atoms with Gasteiger partial charge < -0.3 is 5.11 Å². The van der Waals surface area contributed by atoms with Crippen LogP contribution in [0.3, 0.4) is 0 Å². The molecule has 1 aromatic rings. The number of halogens is 1. The molecule has 1 atom stereocenters. The molecule has 15 heavy (non-hydrogen) atoms. The quantitative estimate of drug-likeness (QED) is 0.856. The van der Waals surface area contributed by atoms with Crippen LogP contribution in [-0.2, 0) is 19.9 Å². The summed E-state index contributed by atoms with van der Waals surface area (Å²) in [6, 6.07) is 0. The average Bonchev–Trinajstić information content (AvgIpc) is 3.00.